The Kier molecular flexibility index (Phi) is 6.92. The Morgan fingerprint density at radius 2 is 1.86 bits per heavy atom. The molecule has 1 aromatic carbocycles. The highest BCUT2D eigenvalue weighted by Crippen LogP contribution is 2.46. The molecule has 4 heterocycles. The van der Waals surface area contributed by atoms with E-state index in [0.717, 1.165) is 24.3 Å². The van der Waals surface area contributed by atoms with Crippen LogP contribution < -0.4 is 9.64 Å². The van der Waals surface area contributed by atoms with Crippen LogP contribution in [0.3, 0.4) is 0 Å². The molecule has 2 saturated heterocycles. The number of piperidine rings is 1. The highest BCUT2D eigenvalue weighted by molar-refractivity contribution is 5.92. The fourth-order valence-corrected chi connectivity index (χ4v) is 5.71. The highest BCUT2D eigenvalue weighted by Gasteiger charge is 2.45. The minimum absolute atomic E-state index is 0.0147. The summed E-state index contributed by atoms with van der Waals surface area (Å²) in [7, 11) is 0. The fourth-order valence-electron chi connectivity index (χ4n) is 5.71. The quantitative estimate of drug-likeness (QED) is 0.607. The number of halogens is 1. The second kappa shape index (κ2) is 9.98. The number of fused-ring (bicyclic) bond motifs is 1. The average Bonchev–Trinajstić information content (AvgIpc) is 2.84. The summed E-state index contributed by atoms with van der Waals surface area (Å²) in [5.74, 6) is 0.327. The van der Waals surface area contributed by atoms with Crippen LogP contribution in [0.4, 0.5) is 10.1 Å². The Bertz CT molecular complexity index is 1070. The van der Waals surface area contributed by atoms with E-state index in [1.807, 2.05) is 30.9 Å². The molecule has 0 radical (unpaired) electrons. The van der Waals surface area contributed by atoms with Crippen molar-refractivity contribution in [2.45, 2.75) is 77.0 Å². The zero-order valence-corrected chi connectivity index (χ0v) is 21.6. The van der Waals surface area contributed by atoms with E-state index in [1.54, 1.807) is 12.3 Å². The molecule has 0 N–H and O–H groups in total. The van der Waals surface area contributed by atoms with E-state index >= 15 is 0 Å². The van der Waals surface area contributed by atoms with E-state index in [0.29, 0.717) is 43.8 Å². The lowest BCUT2D eigenvalue weighted by molar-refractivity contribution is -0.0874. The van der Waals surface area contributed by atoms with E-state index in [1.165, 1.54) is 12.1 Å². The standard InChI is InChI=1S/C28H36FN3O4/c1-18(2)34-26-14-28(36-25-8-5-21(29)13-23(25)26)9-11-31(12-10-28)27(33)24-7-6-22(15-30-24)32-16-19(3)35-20(4)17-32/h5-8,13,15,18-20,26H,9-12,14,16-17H2,1-4H3/t19?,20?,26-/m1/s1. The van der Waals surface area contributed by atoms with Crippen LogP contribution in [-0.4, -0.2) is 65.9 Å². The van der Waals surface area contributed by atoms with Crippen molar-refractivity contribution in [1.29, 1.82) is 0 Å². The number of aromatic nitrogens is 1. The summed E-state index contributed by atoms with van der Waals surface area (Å²) in [6.07, 6.45) is 3.92. The number of amides is 1. The van der Waals surface area contributed by atoms with Gasteiger partial charge < -0.3 is 24.0 Å². The summed E-state index contributed by atoms with van der Waals surface area (Å²) in [5, 5.41) is 0. The maximum atomic E-state index is 13.9. The number of ether oxygens (including phenoxy) is 3. The first kappa shape index (κ1) is 25.0. The SMILES string of the molecule is CC(C)O[C@@H]1CC2(CCN(C(=O)c3ccc(N4CC(C)OC(C)C4)cn3)CC2)Oc2ccc(F)cc21. The molecule has 2 aromatic rings. The van der Waals surface area contributed by atoms with Gasteiger partial charge in [-0.1, -0.05) is 0 Å². The summed E-state index contributed by atoms with van der Waals surface area (Å²) in [5.41, 5.74) is 1.80. The molecule has 36 heavy (non-hydrogen) atoms. The van der Waals surface area contributed by atoms with Gasteiger partial charge in [-0.15, -0.1) is 0 Å². The molecular formula is C28H36FN3O4. The summed E-state index contributed by atoms with van der Waals surface area (Å²) >= 11 is 0. The molecule has 0 saturated carbocycles. The maximum Gasteiger partial charge on any atom is 0.272 e. The van der Waals surface area contributed by atoms with Gasteiger partial charge in [0.25, 0.3) is 5.91 Å². The number of rotatable bonds is 4. The third-order valence-corrected chi connectivity index (χ3v) is 7.35. The van der Waals surface area contributed by atoms with Crippen LogP contribution in [0.2, 0.25) is 0 Å². The van der Waals surface area contributed by atoms with Crippen LogP contribution in [0.1, 0.15) is 69.1 Å². The molecule has 194 valence electrons. The Labute approximate surface area is 212 Å². The lowest BCUT2D eigenvalue weighted by atomic mass is 9.81. The van der Waals surface area contributed by atoms with Gasteiger partial charge in [0.15, 0.2) is 0 Å². The Balaban J connectivity index is 1.24. The lowest BCUT2D eigenvalue weighted by Gasteiger charge is -2.47. The van der Waals surface area contributed by atoms with Crippen molar-refractivity contribution in [1.82, 2.24) is 9.88 Å². The van der Waals surface area contributed by atoms with Crippen molar-refractivity contribution >= 4 is 11.6 Å². The molecule has 3 aliphatic heterocycles. The van der Waals surface area contributed by atoms with Gasteiger partial charge in [-0.25, -0.2) is 9.37 Å². The lowest BCUT2D eigenvalue weighted by Crippen LogP contribution is -2.52. The number of carbonyl (C=O) groups is 1. The smallest absolute Gasteiger partial charge is 0.272 e. The Morgan fingerprint density at radius 3 is 2.50 bits per heavy atom. The largest absolute Gasteiger partial charge is 0.487 e. The zero-order chi connectivity index (χ0) is 25.4. The highest BCUT2D eigenvalue weighted by atomic mass is 19.1. The molecule has 1 aromatic heterocycles. The van der Waals surface area contributed by atoms with Gasteiger partial charge in [-0.05, 0) is 58.0 Å². The number of hydrogen-bond acceptors (Lipinski definition) is 6. The molecule has 2 unspecified atom stereocenters. The van der Waals surface area contributed by atoms with E-state index in [9.17, 15) is 9.18 Å². The minimum Gasteiger partial charge on any atom is -0.487 e. The Hall–Kier alpha value is -2.71. The van der Waals surface area contributed by atoms with Gasteiger partial charge in [0.2, 0.25) is 0 Å². The van der Waals surface area contributed by atoms with Crippen LogP contribution in [0.25, 0.3) is 0 Å². The predicted molar refractivity (Wildman–Crippen MR) is 135 cm³/mol. The minimum atomic E-state index is -0.428. The average molecular weight is 498 g/mol. The number of anilines is 1. The molecule has 1 amide bonds. The van der Waals surface area contributed by atoms with Crippen molar-refractivity contribution in [2.75, 3.05) is 31.1 Å². The molecule has 1 spiro atoms. The third-order valence-electron chi connectivity index (χ3n) is 7.35. The predicted octanol–water partition coefficient (Wildman–Crippen LogP) is 4.76. The number of likely N-dealkylation sites (tertiary alicyclic amines) is 1. The van der Waals surface area contributed by atoms with Gasteiger partial charge in [0.05, 0.1) is 36.3 Å². The molecule has 2 fully saturated rings. The van der Waals surface area contributed by atoms with Gasteiger partial charge in [-0.2, -0.15) is 0 Å². The van der Waals surface area contributed by atoms with Crippen molar-refractivity contribution < 1.29 is 23.4 Å². The third kappa shape index (κ3) is 5.20. The second-order valence-electron chi connectivity index (χ2n) is 10.7. The fraction of sp³-hybridized carbons (Fsp3) is 0.571. The van der Waals surface area contributed by atoms with Crippen molar-refractivity contribution in [3.8, 4) is 5.75 Å². The topological polar surface area (TPSA) is 64.1 Å². The van der Waals surface area contributed by atoms with Crippen LogP contribution >= 0.6 is 0 Å². The molecule has 8 heteroatoms. The van der Waals surface area contributed by atoms with E-state index in [-0.39, 0.29) is 36.1 Å². The summed E-state index contributed by atoms with van der Waals surface area (Å²) in [6.45, 7) is 10.9. The normalized spacial score (nSPS) is 25.6. The van der Waals surface area contributed by atoms with E-state index in [2.05, 4.69) is 23.7 Å². The van der Waals surface area contributed by atoms with Crippen LogP contribution in [-0.2, 0) is 9.47 Å². The van der Waals surface area contributed by atoms with Crippen molar-refractivity contribution in [2.24, 2.45) is 0 Å². The summed E-state index contributed by atoms with van der Waals surface area (Å²) in [6, 6.07) is 8.44. The first-order valence-corrected chi connectivity index (χ1v) is 13.0. The van der Waals surface area contributed by atoms with Gasteiger partial charge >= 0.3 is 0 Å². The summed E-state index contributed by atoms with van der Waals surface area (Å²) in [4.78, 5) is 21.8. The molecule has 3 aliphatic rings. The number of hydrogen-bond donors (Lipinski definition) is 0. The molecule has 7 nitrogen and oxygen atoms in total. The summed E-state index contributed by atoms with van der Waals surface area (Å²) < 4.78 is 32.4. The monoisotopic (exact) mass is 497 g/mol. The van der Waals surface area contributed by atoms with Gasteiger partial charge in [0.1, 0.15) is 22.9 Å². The van der Waals surface area contributed by atoms with Crippen LogP contribution in [0.5, 0.6) is 5.75 Å². The van der Waals surface area contributed by atoms with Crippen molar-refractivity contribution in [3.05, 3.63) is 53.6 Å². The van der Waals surface area contributed by atoms with E-state index < -0.39 is 5.60 Å². The second-order valence-corrected chi connectivity index (χ2v) is 10.7. The molecule has 0 aliphatic carbocycles. The molecule has 0 bridgehead atoms. The Morgan fingerprint density at radius 1 is 1.14 bits per heavy atom. The van der Waals surface area contributed by atoms with Gasteiger partial charge in [-0.3, -0.25) is 4.79 Å². The first-order chi connectivity index (χ1) is 17.2. The number of pyridine rings is 1. The molecular weight excluding hydrogens is 461 g/mol. The zero-order valence-electron chi connectivity index (χ0n) is 21.6. The van der Waals surface area contributed by atoms with E-state index in [4.69, 9.17) is 14.2 Å². The molecule has 3 atom stereocenters. The van der Waals surface area contributed by atoms with Crippen LogP contribution in [0, 0.1) is 5.82 Å². The number of benzene rings is 1. The van der Waals surface area contributed by atoms with Crippen LogP contribution in [0.15, 0.2) is 36.5 Å². The first-order valence-electron chi connectivity index (χ1n) is 13.0. The number of carbonyl (C=O) groups excluding carboxylic acids is 1. The van der Waals surface area contributed by atoms with Gasteiger partial charge in [0, 0.05) is 51.0 Å². The number of nitrogens with zero attached hydrogens (tertiary/aromatic N) is 3. The maximum absolute atomic E-state index is 13.9. The van der Waals surface area contributed by atoms with Crippen molar-refractivity contribution in [3.63, 3.8) is 0 Å². The molecule has 5 rings (SSSR count). The number of morpholine rings is 1.